The van der Waals surface area contributed by atoms with Gasteiger partial charge in [-0.2, -0.15) is 0 Å². The Bertz CT molecular complexity index is 1390. The van der Waals surface area contributed by atoms with E-state index >= 15 is 0 Å². The zero-order valence-electron chi connectivity index (χ0n) is 25.2. The predicted molar refractivity (Wildman–Crippen MR) is 167 cm³/mol. The van der Waals surface area contributed by atoms with E-state index in [1.807, 2.05) is 77.1 Å². The van der Waals surface area contributed by atoms with E-state index in [1.54, 1.807) is 24.3 Å². The SMILES string of the molecule is CCOc1ccc(S(=O)(=O)N(CC(=O)N(CCc2ccccc2)[C@@H](CC)C(=O)N[C@@H](C)CC)c2ccc(C)cc2)cc1. The molecule has 0 fully saturated rings. The quantitative estimate of drug-likeness (QED) is 0.256. The molecule has 226 valence electrons. The Morgan fingerprint density at radius 1 is 0.881 bits per heavy atom. The minimum absolute atomic E-state index is 0.0386. The molecular weight excluding hydrogens is 550 g/mol. The first-order valence-corrected chi connectivity index (χ1v) is 16.0. The third kappa shape index (κ3) is 8.58. The van der Waals surface area contributed by atoms with E-state index in [9.17, 15) is 18.0 Å². The van der Waals surface area contributed by atoms with Crippen LogP contribution >= 0.6 is 0 Å². The molecule has 0 aliphatic heterocycles. The van der Waals surface area contributed by atoms with Crippen molar-refractivity contribution in [3.05, 3.63) is 90.0 Å². The molecule has 0 aromatic heterocycles. The topological polar surface area (TPSA) is 96.0 Å². The second kappa shape index (κ2) is 15.4. The van der Waals surface area contributed by atoms with Crippen LogP contribution in [0.25, 0.3) is 0 Å². The summed E-state index contributed by atoms with van der Waals surface area (Å²) in [5.74, 6) is -0.142. The fourth-order valence-corrected chi connectivity index (χ4v) is 5.99. The molecule has 2 atom stereocenters. The van der Waals surface area contributed by atoms with E-state index in [4.69, 9.17) is 4.74 Å². The van der Waals surface area contributed by atoms with Crippen molar-refractivity contribution in [1.29, 1.82) is 0 Å². The number of ether oxygens (including phenoxy) is 1. The standard InChI is InChI=1S/C33H43N3O5S/c1-6-26(5)34-33(38)31(7-2)35(23-22-27-12-10-9-11-13-27)32(37)24-36(28-16-14-25(4)15-17-28)42(39,40)30-20-18-29(19-21-30)41-8-3/h9-21,26,31H,6-8,22-24H2,1-5H3,(H,34,38)/t26-,31-/m0/s1. The largest absolute Gasteiger partial charge is 0.494 e. The Kier molecular flexibility index (Phi) is 12.0. The Morgan fingerprint density at radius 3 is 2.10 bits per heavy atom. The average Bonchev–Trinajstić information content (AvgIpc) is 2.99. The summed E-state index contributed by atoms with van der Waals surface area (Å²) < 4.78 is 34.6. The average molecular weight is 594 g/mol. The molecule has 3 aromatic carbocycles. The molecule has 0 aliphatic carbocycles. The van der Waals surface area contributed by atoms with Gasteiger partial charge in [0, 0.05) is 12.6 Å². The Balaban J connectivity index is 2.00. The van der Waals surface area contributed by atoms with Gasteiger partial charge in [0.25, 0.3) is 10.0 Å². The van der Waals surface area contributed by atoms with Crippen molar-refractivity contribution in [2.45, 2.75) is 70.9 Å². The van der Waals surface area contributed by atoms with Gasteiger partial charge < -0.3 is 15.0 Å². The van der Waals surface area contributed by atoms with Crippen molar-refractivity contribution in [1.82, 2.24) is 10.2 Å². The molecule has 0 aliphatic rings. The van der Waals surface area contributed by atoms with Gasteiger partial charge >= 0.3 is 0 Å². The molecule has 2 amide bonds. The Morgan fingerprint density at radius 2 is 1.52 bits per heavy atom. The number of nitrogens with one attached hydrogen (secondary N) is 1. The Hall–Kier alpha value is -3.85. The maximum Gasteiger partial charge on any atom is 0.264 e. The van der Waals surface area contributed by atoms with Crippen LogP contribution in [0.15, 0.2) is 83.8 Å². The van der Waals surface area contributed by atoms with Crippen LogP contribution < -0.4 is 14.4 Å². The van der Waals surface area contributed by atoms with E-state index in [2.05, 4.69) is 5.32 Å². The summed E-state index contributed by atoms with van der Waals surface area (Å²) in [4.78, 5) is 29.0. The van der Waals surface area contributed by atoms with Gasteiger partial charge in [0.05, 0.1) is 17.2 Å². The number of anilines is 1. The smallest absolute Gasteiger partial charge is 0.264 e. The first kappa shape index (κ1) is 32.7. The number of amides is 2. The number of hydrogen-bond donors (Lipinski definition) is 1. The zero-order chi connectivity index (χ0) is 30.7. The highest BCUT2D eigenvalue weighted by atomic mass is 32.2. The van der Waals surface area contributed by atoms with Crippen molar-refractivity contribution >= 4 is 27.5 Å². The molecule has 0 radical (unpaired) electrons. The highest BCUT2D eigenvalue weighted by Crippen LogP contribution is 2.26. The first-order chi connectivity index (χ1) is 20.1. The van der Waals surface area contributed by atoms with Crippen LogP contribution in [0, 0.1) is 6.92 Å². The molecular formula is C33H43N3O5S. The van der Waals surface area contributed by atoms with Gasteiger partial charge in [-0.15, -0.1) is 0 Å². The lowest BCUT2D eigenvalue weighted by Gasteiger charge is -2.33. The van der Waals surface area contributed by atoms with Gasteiger partial charge in [-0.25, -0.2) is 8.42 Å². The van der Waals surface area contributed by atoms with E-state index in [1.165, 1.54) is 17.0 Å². The van der Waals surface area contributed by atoms with Crippen molar-refractivity contribution in [2.75, 3.05) is 24.0 Å². The van der Waals surface area contributed by atoms with Crippen LogP contribution in [-0.4, -0.2) is 56.9 Å². The Labute approximate surface area is 250 Å². The monoisotopic (exact) mass is 593 g/mol. The molecule has 0 saturated carbocycles. The highest BCUT2D eigenvalue weighted by Gasteiger charge is 2.33. The molecule has 3 rings (SSSR count). The molecule has 3 aromatic rings. The summed E-state index contributed by atoms with van der Waals surface area (Å²) in [6.07, 6.45) is 1.66. The summed E-state index contributed by atoms with van der Waals surface area (Å²) in [6.45, 7) is 9.79. The number of rotatable bonds is 15. The maximum absolute atomic E-state index is 14.1. The zero-order valence-corrected chi connectivity index (χ0v) is 26.1. The van der Waals surface area contributed by atoms with Gasteiger partial charge in [0.1, 0.15) is 18.3 Å². The van der Waals surface area contributed by atoms with Crippen LogP contribution in [0.1, 0.15) is 51.7 Å². The number of hydrogen-bond acceptors (Lipinski definition) is 5. The van der Waals surface area contributed by atoms with E-state index in [0.717, 1.165) is 21.9 Å². The lowest BCUT2D eigenvalue weighted by Crippen LogP contribution is -2.54. The second-order valence-electron chi connectivity index (χ2n) is 10.3. The number of nitrogens with zero attached hydrogens (tertiary/aromatic N) is 2. The second-order valence-corrected chi connectivity index (χ2v) is 12.2. The van der Waals surface area contributed by atoms with Crippen LogP contribution in [0.5, 0.6) is 5.75 Å². The molecule has 9 heteroatoms. The minimum atomic E-state index is -4.14. The van der Waals surface area contributed by atoms with Crippen LogP contribution in [0.2, 0.25) is 0 Å². The summed E-state index contributed by atoms with van der Waals surface area (Å²) in [6, 6.07) is 22.1. The molecule has 0 unspecified atom stereocenters. The van der Waals surface area contributed by atoms with Gasteiger partial charge in [-0.1, -0.05) is 61.9 Å². The molecule has 0 heterocycles. The number of sulfonamides is 1. The maximum atomic E-state index is 14.1. The molecule has 0 bridgehead atoms. The van der Waals surface area contributed by atoms with Crippen molar-refractivity contribution in [2.24, 2.45) is 0 Å². The normalized spacial score (nSPS) is 12.7. The number of carbonyl (C=O) groups excluding carboxylic acids is 2. The first-order valence-electron chi connectivity index (χ1n) is 14.6. The third-order valence-corrected chi connectivity index (χ3v) is 8.98. The van der Waals surface area contributed by atoms with Crippen LogP contribution in [0.4, 0.5) is 5.69 Å². The minimum Gasteiger partial charge on any atom is -0.494 e. The van der Waals surface area contributed by atoms with E-state index in [-0.39, 0.29) is 23.4 Å². The van der Waals surface area contributed by atoms with Gasteiger partial charge in [-0.05, 0) is 82.0 Å². The van der Waals surface area contributed by atoms with Crippen molar-refractivity contribution in [3.8, 4) is 5.75 Å². The van der Waals surface area contributed by atoms with Gasteiger partial charge in [0.15, 0.2) is 0 Å². The molecule has 1 N–H and O–H groups in total. The van der Waals surface area contributed by atoms with E-state index in [0.29, 0.717) is 30.9 Å². The summed E-state index contributed by atoms with van der Waals surface area (Å²) in [5, 5.41) is 3.00. The summed E-state index contributed by atoms with van der Waals surface area (Å²) >= 11 is 0. The van der Waals surface area contributed by atoms with Gasteiger partial charge in [-0.3, -0.25) is 13.9 Å². The predicted octanol–water partition coefficient (Wildman–Crippen LogP) is 5.35. The van der Waals surface area contributed by atoms with E-state index < -0.39 is 28.5 Å². The van der Waals surface area contributed by atoms with Crippen LogP contribution in [0.3, 0.4) is 0 Å². The fraction of sp³-hybridized carbons (Fsp3) is 0.394. The molecule has 0 saturated heterocycles. The number of benzene rings is 3. The van der Waals surface area contributed by atoms with Crippen molar-refractivity contribution in [3.63, 3.8) is 0 Å². The molecule has 8 nitrogen and oxygen atoms in total. The lowest BCUT2D eigenvalue weighted by atomic mass is 10.1. The molecule has 42 heavy (non-hydrogen) atoms. The van der Waals surface area contributed by atoms with Crippen LogP contribution in [-0.2, 0) is 26.0 Å². The summed E-state index contributed by atoms with van der Waals surface area (Å²) in [5.41, 5.74) is 2.34. The number of aryl methyl sites for hydroxylation is 1. The molecule has 0 spiro atoms. The lowest BCUT2D eigenvalue weighted by molar-refractivity contribution is -0.139. The third-order valence-electron chi connectivity index (χ3n) is 7.19. The number of carbonyl (C=O) groups is 2. The fourth-order valence-electron chi connectivity index (χ4n) is 4.58. The summed E-state index contributed by atoms with van der Waals surface area (Å²) in [7, 11) is -4.14. The van der Waals surface area contributed by atoms with Gasteiger partial charge in [0.2, 0.25) is 11.8 Å². The highest BCUT2D eigenvalue weighted by molar-refractivity contribution is 7.92. The van der Waals surface area contributed by atoms with Crippen molar-refractivity contribution < 1.29 is 22.7 Å².